The van der Waals surface area contributed by atoms with E-state index in [0.29, 0.717) is 11.3 Å². The van der Waals surface area contributed by atoms with Gasteiger partial charge in [0, 0.05) is 22.8 Å². The number of hydrogen-bond acceptors (Lipinski definition) is 5. The van der Waals surface area contributed by atoms with Gasteiger partial charge in [-0.3, -0.25) is 10.2 Å². The van der Waals surface area contributed by atoms with Gasteiger partial charge >= 0.3 is 5.97 Å². The highest BCUT2D eigenvalue weighted by atomic mass is 16.5. The molecule has 1 aliphatic rings. The van der Waals surface area contributed by atoms with Crippen molar-refractivity contribution in [3.63, 3.8) is 0 Å². The Hall–Kier alpha value is -3.99. The maximum atomic E-state index is 12.8. The summed E-state index contributed by atoms with van der Waals surface area (Å²) in [5, 5.41) is 4.50. The quantitative estimate of drug-likeness (QED) is 0.227. The molecule has 0 saturated heterocycles. The van der Waals surface area contributed by atoms with Crippen molar-refractivity contribution in [1.29, 1.82) is 0 Å². The highest BCUT2D eigenvalue weighted by Crippen LogP contribution is 2.36. The number of rotatable bonds is 5. The Labute approximate surface area is 181 Å². The van der Waals surface area contributed by atoms with Crippen LogP contribution in [0.15, 0.2) is 83.6 Å². The number of carbonyl (C=O) groups excluding carboxylic acids is 2. The molecule has 0 aromatic heterocycles. The fourth-order valence-corrected chi connectivity index (χ4v) is 3.59. The first-order valence-electron chi connectivity index (χ1n) is 9.94. The van der Waals surface area contributed by atoms with E-state index in [9.17, 15) is 9.59 Å². The average Bonchev–Trinajstić information content (AvgIpc) is 3.11. The lowest BCUT2D eigenvalue weighted by molar-refractivity contribution is -0.136. The second-order valence-electron chi connectivity index (χ2n) is 7.38. The number of carbonyl (C=O) groups is 2. The summed E-state index contributed by atoms with van der Waals surface area (Å²) in [6.07, 6.45) is 1.23. The second kappa shape index (κ2) is 8.40. The maximum absolute atomic E-state index is 12.8. The number of nitrogens with zero attached hydrogens (tertiary/aromatic N) is 1. The minimum Gasteiger partial charge on any atom is -0.464 e. The fraction of sp³-hybridized carbons (Fsp3) is 0.115. The molecule has 0 bridgehead atoms. The molecule has 31 heavy (non-hydrogen) atoms. The Morgan fingerprint density at radius 1 is 0.839 bits per heavy atom. The van der Waals surface area contributed by atoms with E-state index in [0.717, 1.165) is 33.4 Å². The Balaban J connectivity index is 1.70. The van der Waals surface area contributed by atoms with Crippen molar-refractivity contribution in [2.24, 2.45) is 5.10 Å². The Bertz CT molecular complexity index is 1210. The molecule has 3 aromatic rings. The second-order valence-corrected chi connectivity index (χ2v) is 7.38. The van der Waals surface area contributed by atoms with Crippen LogP contribution < -0.4 is 5.43 Å². The van der Waals surface area contributed by atoms with Crippen molar-refractivity contribution >= 4 is 17.5 Å². The Morgan fingerprint density at radius 3 is 1.97 bits per heavy atom. The summed E-state index contributed by atoms with van der Waals surface area (Å²) in [5.41, 5.74) is 10.1. The summed E-state index contributed by atoms with van der Waals surface area (Å²) < 4.78 is 4.85. The molecule has 0 aliphatic heterocycles. The Morgan fingerprint density at radius 2 is 1.42 bits per heavy atom. The number of hydrazone groups is 1. The van der Waals surface area contributed by atoms with E-state index in [4.69, 9.17) is 4.74 Å². The van der Waals surface area contributed by atoms with Crippen LogP contribution in [0.3, 0.4) is 0 Å². The predicted octanol–water partition coefficient (Wildman–Crippen LogP) is 4.57. The van der Waals surface area contributed by atoms with Crippen molar-refractivity contribution in [1.82, 2.24) is 5.43 Å². The van der Waals surface area contributed by atoms with Gasteiger partial charge in [0.2, 0.25) is 0 Å². The first-order valence-corrected chi connectivity index (χ1v) is 9.94. The molecule has 0 fully saturated rings. The Kier molecular flexibility index (Phi) is 5.50. The van der Waals surface area contributed by atoms with Gasteiger partial charge in [0.15, 0.2) is 5.78 Å². The lowest BCUT2D eigenvalue weighted by atomic mass is 10.0. The number of allylic oxidation sites excluding steroid dienone is 1. The van der Waals surface area contributed by atoms with Gasteiger partial charge in [-0.15, -0.1) is 0 Å². The van der Waals surface area contributed by atoms with E-state index in [-0.39, 0.29) is 11.5 Å². The molecule has 0 heterocycles. The first-order chi connectivity index (χ1) is 15.0. The van der Waals surface area contributed by atoms with Crippen LogP contribution in [0.25, 0.3) is 11.1 Å². The van der Waals surface area contributed by atoms with Gasteiger partial charge in [0.05, 0.1) is 12.8 Å². The third-order valence-corrected chi connectivity index (χ3v) is 5.41. The summed E-state index contributed by atoms with van der Waals surface area (Å²) in [6.45, 7) is 3.92. The molecule has 0 unspecified atom stereocenters. The zero-order valence-electron chi connectivity index (χ0n) is 17.6. The molecule has 0 saturated carbocycles. The number of methoxy groups -OCH3 is 1. The number of ether oxygens (including phenoxy) is 1. The van der Waals surface area contributed by atoms with Crippen LogP contribution in [-0.2, 0) is 9.53 Å². The van der Waals surface area contributed by atoms with E-state index < -0.39 is 5.97 Å². The zero-order valence-corrected chi connectivity index (χ0v) is 17.6. The average molecular weight is 410 g/mol. The van der Waals surface area contributed by atoms with Crippen LogP contribution >= 0.6 is 0 Å². The number of nitrogens with one attached hydrogen (secondary N) is 1. The van der Waals surface area contributed by atoms with Gasteiger partial charge in [-0.25, -0.2) is 4.79 Å². The minimum absolute atomic E-state index is 0.0277. The van der Waals surface area contributed by atoms with Crippen molar-refractivity contribution in [3.8, 4) is 11.1 Å². The van der Waals surface area contributed by atoms with Crippen LogP contribution in [-0.4, -0.2) is 24.6 Å². The van der Waals surface area contributed by atoms with Crippen molar-refractivity contribution in [2.45, 2.75) is 13.8 Å². The lowest BCUT2D eigenvalue weighted by Gasteiger charge is -2.08. The van der Waals surface area contributed by atoms with E-state index in [1.807, 2.05) is 68.4 Å². The van der Waals surface area contributed by atoms with Crippen molar-refractivity contribution < 1.29 is 14.3 Å². The van der Waals surface area contributed by atoms with Crippen LogP contribution in [0.1, 0.15) is 32.6 Å². The largest absolute Gasteiger partial charge is 0.464 e. The molecule has 0 radical (unpaired) electrons. The van der Waals surface area contributed by atoms with Crippen molar-refractivity contribution in [3.05, 3.63) is 106 Å². The molecular weight excluding hydrogens is 388 g/mol. The molecule has 4 rings (SSSR count). The van der Waals surface area contributed by atoms with Gasteiger partial charge in [0.25, 0.3) is 0 Å². The van der Waals surface area contributed by atoms with Gasteiger partial charge in [-0.1, -0.05) is 60.7 Å². The van der Waals surface area contributed by atoms with Crippen LogP contribution in [0.2, 0.25) is 0 Å². The fourth-order valence-electron chi connectivity index (χ4n) is 3.59. The lowest BCUT2D eigenvalue weighted by Crippen LogP contribution is -2.20. The zero-order chi connectivity index (χ0) is 22.0. The molecular formula is C26H22N2O3. The normalized spacial score (nSPS) is 12.1. The molecule has 0 atom stereocenters. The van der Waals surface area contributed by atoms with Crippen LogP contribution in [0.5, 0.6) is 0 Å². The SMILES string of the molecule is COC(=O)/C(=C/C(=O)c1ccc(C)c(C)c1)NN=C1c2ccccc2-c2ccccc21. The molecule has 1 N–H and O–H groups in total. The molecule has 5 nitrogen and oxygen atoms in total. The van der Waals surface area contributed by atoms with Crippen LogP contribution in [0, 0.1) is 13.8 Å². The number of ketones is 1. The molecule has 0 amide bonds. The third kappa shape index (κ3) is 3.90. The van der Waals surface area contributed by atoms with Crippen LogP contribution in [0.4, 0.5) is 0 Å². The maximum Gasteiger partial charge on any atom is 0.356 e. The molecule has 154 valence electrons. The third-order valence-electron chi connectivity index (χ3n) is 5.41. The van der Waals surface area contributed by atoms with Gasteiger partial charge in [-0.05, 0) is 42.2 Å². The summed E-state index contributed by atoms with van der Waals surface area (Å²) in [4.78, 5) is 25.1. The van der Waals surface area contributed by atoms with Gasteiger partial charge in [-0.2, -0.15) is 5.10 Å². The molecule has 0 spiro atoms. The summed E-state index contributed by atoms with van der Waals surface area (Å²) in [7, 11) is 1.27. The van der Waals surface area contributed by atoms with Gasteiger partial charge in [0.1, 0.15) is 5.70 Å². The van der Waals surface area contributed by atoms with E-state index in [2.05, 4.69) is 10.5 Å². The standard InChI is InChI=1S/C26H22N2O3/c1-16-12-13-18(14-17(16)2)24(29)15-23(26(30)31-3)27-28-25-21-10-6-4-8-19(21)20-9-5-7-11-22(20)25/h4-15,27H,1-3H3/b23-15-. The van der Waals surface area contributed by atoms with E-state index in [1.54, 1.807) is 12.1 Å². The molecule has 5 heteroatoms. The van der Waals surface area contributed by atoms with E-state index in [1.165, 1.54) is 13.2 Å². The number of esters is 1. The van der Waals surface area contributed by atoms with Crippen molar-refractivity contribution in [2.75, 3.05) is 7.11 Å². The molecule has 1 aliphatic carbocycles. The molecule has 3 aromatic carbocycles. The highest BCUT2D eigenvalue weighted by molar-refractivity contribution is 6.24. The number of hydrogen-bond donors (Lipinski definition) is 1. The monoisotopic (exact) mass is 410 g/mol. The summed E-state index contributed by atoms with van der Waals surface area (Å²) >= 11 is 0. The number of aryl methyl sites for hydroxylation is 2. The van der Waals surface area contributed by atoms with E-state index >= 15 is 0 Å². The predicted molar refractivity (Wildman–Crippen MR) is 121 cm³/mol. The first kappa shape index (κ1) is 20.3. The highest BCUT2D eigenvalue weighted by Gasteiger charge is 2.24. The smallest absolute Gasteiger partial charge is 0.356 e. The summed E-state index contributed by atoms with van der Waals surface area (Å²) in [5.74, 6) is -0.968. The topological polar surface area (TPSA) is 67.8 Å². The number of fused-ring (bicyclic) bond motifs is 3. The number of benzene rings is 3. The van der Waals surface area contributed by atoms with Gasteiger partial charge < -0.3 is 4.74 Å². The summed E-state index contributed by atoms with van der Waals surface area (Å²) in [6, 6.07) is 21.3. The minimum atomic E-state index is -0.666.